The molecule has 2 rings (SSSR count). The van der Waals surface area contributed by atoms with Gasteiger partial charge in [0.15, 0.2) is 0 Å². The van der Waals surface area contributed by atoms with E-state index in [0.717, 1.165) is 11.1 Å². The number of amides is 1. The Kier molecular flexibility index (Phi) is 4.93. The van der Waals surface area contributed by atoms with Crippen molar-refractivity contribution in [3.63, 3.8) is 0 Å². The molecule has 0 atom stereocenters. The van der Waals surface area contributed by atoms with Crippen LogP contribution in [0.15, 0.2) is 60.7 Å². The zero-order chi connectivity index (χ0) is 14.4. The summed E-state index contributed by atoms with van der Waals surface area (Å²) in [6, 6.07) is 18.9. The number of hydrogen-bond donors (Lipinski definition) is 2. The van der Waals surface area contributed by atoms with Gasteiger partial charge in [0, 0.05) is 13.1 Å². The molecule has 0 aliphatic rings. The first kappa shape index (κ1) is 14.3. The number of hydrogen-bond acceptors (Lipinski definition) is 3. The van der Waals surface area contributed by atoms with Crippen LogP contribution in [0.4, 0.5) is 4.79 Å². The molecule has 0 saturated carbocycles. The largest absolute Gasteiger partial charge is 0.552 e. The molecule has 2 aromatic carbocycles. The van der Waals surface area contributed by atoms with Crippen LogP contribution in [0.25, 0.3) is 0 Å². The maximum atomic E-state index is 11.9. The van der Waals surface area contributed by atoms with Crippen molar-refractivity contribution >= 4 is 12.9 Å². The Bertz CT molecular complexity index is 504. The van der Waals surface area contributed by atoms with Crippen molar-refractivity contribution in [3.8, 4) is 0 Å². The van der Waals surface area contributed by atoms with E-state index in [4.69, 9.17) is 10.0 Å². The molecule has 20 heavy (non-hydrogen) atoms. The van der Waals surface area contributed by atoms with Gasteiger partial charge >= 0.3 is 7.12 Å². The van der Waals surface area contributed by atoms with Crippen molar-refractivity contribution in [2.75, 3.05) is 0 Å². The van der Waals surface area contributed by atoms with Gasteiger partial charge in [0.25, 0.3) is 5.81 Å². The summed E-state index contributed by atoms with van der Waals surface area (Å²) in [6.45, 7) is 0.679. The van der Waals surface area contributed by atoms with E-state index in [1.807, 2.05) is 60.7 Å². The molecule has 0 fully saturated rings. The summed E-state index contributed by atoms with van der Waals surface area (Å²) >= 11 is 0. The molecule has 0 aromatic heterocycles. The average molecular weight is 269 g/mol. The number of benzene rings is 2. The summed E-state index contributed by atoms with van der Waals surface area (Å²) in [5.41, 5.74) is 1.88. The summed E-state index contributed by atoms with van der Waals surface area (Å²) in [5, 5.41) is 18.2. The van der Waals surface area contributed by atoms with E-state index >= 15 is 0 Å². The molecule has 2 aromatic rings. The summed E-state index contributed by atoms with van der Waals surface area (Å²) in [4.78, 5) is 13.3. The smallest absolute Gasteiger partial charge is 0.420 e. The Morgan fingerprint density at radius 1 is 0.850 bits per heavy atom. The van der Waals surface area contributed by atoms with Gasteiger partial charge in [-0.15, -0.1) is 0 Å². The second-order valence-corrected chi connectivity index (χ2v) is 4.54. The third-order valence-electron chi connectivity index (χ3n) is 2.97. The fourth-order valence-electron chi connectivity index (χ4n) is 1.98. The molecule has 0 aliphatic carbocycles. The zero-order valence-electron chi connectivity index (χ0n) is 11.0. The fourth-order valence-corrected chi connectivity index (χ4v) is 1.98. The van der Waals surface area contributed by atoms with Gasteiger partial charge in [0.05, 0.1) is 0 Å². The van der Waals surface area contributed by atoms with E-state index in [2.05, 4.69) is 0 Å². The van der Waals surface area contributed by atoms with Gasteiger partial charge in [-0.1, -0.05) is 60.7 Å². The van der Waals surface area contributed by atoms with Crippen molar-refractivity contribution < 1.29 is 14.8 Å². The molecule has 0 aliphatic heterocycles. The van der Waals surface area contributed by atoms with Crippen molar-refractivity contribution in [2.45, 2.75) is 13.1 Å². The SMILES string of the molecule is O=C(B(O)O)N(Cc1ccccc1)Cc1ccccc1. The normalized spacial score (nSPS) is 10.1. The third-order valence-corrected chi connectivity index (χ3v) is 2.97. The molecular weight excluding hydrogens is 253 g/mol. The lowest BCUT2D eigenvalue weighted by Gasteiger charge is -2.22. The molecule has 2 N–H and O–H groups in total. The monoisotopic (exact) mass is 269 g/mol. The third kappa shape index (κ3) is 3.95. The highest BCUT2D eigenvalue weighted by atomic mass is 16.4. The molecule has 4 nitrogen and oxygen atoms in total. The molecule has 0 heterocycles. The van der Waals surface area contributed by atoms with Crippen molar-refractivity contribution in [3.05, 3.63) is 71.8 Å². The minimum atomic E-state index is -1.98. The van der Waals surface area contributed by atoms with Crippen molar-refractivity contribution in [1.29, 1.82) is 0 Å². The van der Waals surface area contributed by atoms with Gasteiger partial charge in [0.1, 0.15) is 0 Å². The first-order valence-corrected chi connectivity index (χ1v) is 6.39. The predicted octanol–water partition coefficient (Wildman–Crippen LogP) is 1.86. The second kappa shape index (κ2) is 6.89. The molecule has 5 heteroatoms. The Morgan fingerprint density at radius 3 is 1.60 bits per heavy atom. The molecule has 1 amide bonds. The molecule has 0 unspecified atom stereocenters. The Labute approximate surface area is 118 Å². The lowest BCUT2D eigenvalue weighted by molar-refractivity contribution is 0.204. The van der Waals surface area contributed by atoms with Gasteiger partial charge in [-0.3, -0.25) is 4.79 Å². The number of rotatable bonds is 5. The molecule has 0 spiro atoms. The highest BCUT2D eigenvalue weighted by Gasteiger charge is 2.26. The van der Waals surface area contributed by atoms with Crippen LogP contribution >= 0.6 is 0 Å². The van der Waals surface area contributed by atoms with Gasteiger partial charge in [-0.2, -0.15) is 0 Å². The van der Waals surface area contributed by atoms with Crippen molar-refractivity contribution in [2.24, 2.45) is 0 Å². The summed E-state index contributed by atoms with van der Waals surface area (Å²) in [5.74, 6) is -0.697. The van der Waals surface area contributed by atoms with Crippen LogP contribution in [-0.2, 0) is 13.1 Å². The predicted molar refractivity (Wildman–Crippen MR) is 77.7 cm³/mol. The zero-order valence-corrected chi connectivity index (χ0v) is 11.0. The molecule has 0 bridgehead atoms. The van der Waals surface area contributed by atoms with Gasteiger partial charge < -0.3 is 14.9 Å². The van der Waals surface area contributed by atoms with E-state index in [-0.39, 0.29) is 0 Å². The standard InChI is InChI=1S/C15H16BNO3/c18-15(16(19)20)17(11-13-7-3-1-4-8-13)12-14-9-5-2-6-10-14/h1-10,19-20H,11-12H2. The first-order valence-electron chi connectivity index (χ1n) is 6.39. The van der Waals surface area contributed by atoms with Crippen LogP contribution < -0.4 is 0 Å². The molecular formula is C15H16BNO3. The van der Waals surface area contributed by atoms with Crippen LogP contribution in [0, 0.1) is 0 Å². The van der Waals surface area contributed by atoms with E-state index in [9.17, 15) is 4.79 Å². The summed E-state index contributed by atoms with van der Waals surface area (Å²) < 4.78 is 0. The summed E-state index contributed by atoms with van der Waals surface area (Å²) in [6.07, 6.45) is 0. The van der Waals surface area contributed by atoms with Crippen LogP contribution in [0.3, 0.4) is 0 Å². The number of nitrogens with zero attached hydrogens (tertiary/aromatic N) is 1. The topological polar surface area (TPSA) is 60.8 Å². The van der Waals surface area contributed by atoms with Crippen LogP contribution in [0.2, 0.25) is 0 Å². The van der Waals surface area contributed by atoms with E-state index in [0.29, 0.717) is 13.1 Å². The van der Waals surface area contributed by atoms with E-state index in [1.165, 1.54) is 4.90 Å². The van der Waals surface area contributed by atoms with Gasteiger partial charge in [-0.05, 0) is 11.1 Å². The molecule has 0 radical (unpaired) electrons. The minimum absolute atomic E-state index is 0.339. The Morgan fingerprint density at radius 2 is 1.25 bits per heavy atom. The second-order valence-electron chi connectivity index (χ2n) is 4.54. The minimum Gasteiger partial charge on any atom is -0.420 e. The summed E-state index contributed by atoms with van der Waals surface area (Å²) in [7, 11) is -1.98. The van der Waals surface area contributed by atoms with Crippen molar-refractivity contribution in [1.82, 2.24) is 4.90 Å². The van der Waals surface area contributed by atoms with Crippen LogP contribution in [-0.4, -0.2) is 27.9 Å². The lowest BCUT2D eigenvalue weighted by Crippen LogP contribution is -2.40. The maximum absolute atomic E-state index is 11.9. The number of carbonyl (C=O) groups is 1. The quantitative estimate of drug-likeness (QED) is 0.814. The number of carbonyl (C=O) groups excluding carboxylic acids is 1. The lowest BCUT2D eigenvalue weighted by atomic mass is 9.89. The molecule has 102 valence electrons. The van der Waals surface area contributed by atoms with Gasteiger partial charge in [0.2, 0.25) is 0 Å². The Hall–Kier alpha value is -2.11. The van der Waals surface area contributed by atoms with Gasteiger partial charge in [-0.25, -0.2) is 0 Å². The van der Waals surface area contributed by atoms with Crippen LogP contribution in [0.5, 0.6) is 0 Å². The van der Waals surface area contributed by atoms with Crippen LogP contribution in [0.1, 0.15) is 11.1 Å². The first-order chi connectivity index (χ1) is 9.66. The fraction of sp³-hybridized carbons (Fsp3) is 0.133. The Balaban J connectivity index is 2.15. The van der Waals surface area contributed by atoms with E-state index in [1.54, 1.807) is 0 Å². The van der Waals surface area contributed by atoms with E-state index < -0.39 is 12.9 Å². The highest BCUT2D eigenvalue weighted by Crippen LogP contribution is 2.11. The highest BCUT2D eigenvalue weighted by molar-refractivity contribution is 6.77. The average Bonchev–Trinajstić information content (AvgIpc) is 2.48. The maximum Gasteiger partial charge on any atom is 0.552 e. The molecule has 0 saturated heterocycles.